The van der Waals surface area contributed by atoms with Crippen LogP contribution < -0.4 is 4.74 Å². The first-order chi connectivity index (χ1) is 13.4. The summed E-state index contributed by atoms with van der Waals surface area (Å²) in [6.45, 7) is 0.391. The van der Waals surface area contributed by atoms with Crippen LogP contribution in [0.4, 0.5) is 9.18 Å². The second kappa shape index (κ2) is 8.49. The molecule has 1 fully saturated rings. The van der Waals surface area contributed by atoms with Gasteiger partial charge in [-0.25, -0.2) is 14.1 Å². The average Bonchev–Trinajstić information content (AvgIpc) is 3.24. The van der Waals surface area contributed by atoms with Crippen molar-refractivity contribution in [1.29, 1.82) is 0 Å². The standard InChI is InChI=1S/C19H20FN3O4S/c1-21(11-13-5-6-16(27-2)15(20)10-13)12-23-18(25)17(24)22(19(23)26)8-7-14-4-3-9-28-14/h3-6,9-10H,7-8,11-12H2,1-2H3. The van der Waals surface area contributed by atoms with E-state index in [0.29, 0.717) is 18.5 Å². The molecule has 28 heavy (non-hydrogen) atoms. The molecule has 1 aliphatic heterocycles. The van der Waals surface area contributed by atoms with Crippen molar-refractivity contribution in [3.8, 4) is 5.75 Å². The Morgan fingerprint density at radius 3 is 2.54 bits per heavy atom. The van der Waals surface area contributed by atoms with Gasteiger partial charge in [-0.3, -0.25) is 19.4 Å². The largest absolute Gasteiger partial charge is 0.494 e. The lowest BCUT2D eigenvalue weighted by Crippen LogP contribution is -2.40. The Hall–Kier alpha value is -2.78. The number of nitrogens with zero attached hydrogens (tertiary/aromatic N) is 3. The minimum Gasteiger partial charge on any atom is -0.494 e. The molecular weight excluding hydrogens is 385 g/mol. The third-order valence-corrected chi connectivity index (χ3v) is 5.28. The molecule has 2 heterocycles. The number of imide groups is 2. The molecule has 1 aromatic heterocycles. The molecule has 0 spiro atoms. The van der Waals surface area contributed by atoms with Crippen molar-refractivity contribution in [1.82, 2.24) is 14.7 Å². The highest BCUT2D eigenvalue weighted by Crippen LogP contribution is 2.20. The van der Waals surface area contributed by atoms with E-state index in [-0.39, 0.29) is 19.0 Å². The van der Waals surface area contributed by atoms with Gasteiger partial charge in [0, 0.05) is 24.4 Å². The number of urea groups is 1. The van der Waals surface area contributed by atoms with Crippen LogP contribution in [0.1, 0.15) is 10.4 Å². The van der Waals surface area contributed by atoms with Crippen LogP contribution in [0.2, 0.25) is 0 Å². The molecule has 0 atom stereocenters. The number of hydrogen-bond acceptors (Lipinski definition) is 6. The molecule has 1 aliphatic rings. The van der Waals surface area contributed by atoms with Crippen LogP contribution in [0.15, 0.2) is 35.7 Å². The molecule has 148 valence electrons. The Balaban J connectivity index is 1.61. The normalized spacial score (nSPS) is 14.5. The number of hydrogen-bond donors (Lipinski definition) is 0. The summed E-state index contributed by atoms with van der Waals surface area (Å²) in [5.74, 6) is -2.01. The molecule has 0 N–H and O–H groups in total. The van der Waals surface area contributed by atoms with Crippen molar-refractivity contribution in [3.05, 3.63) is 52.0 Å². The van der Waals surface area contributed by atoms with Gasteiger partial charge in [0.15, 0.2) is 11.6 Å². The van der Waals surface area contributed by atoms with Crippen molar-refractivity contribution >= 4 is 29.2 Å². The van der Waals surface area contributed by atoms with Crippen LogP contribution in [-0.2, 0) is 22.6 Å². The van der Waals surface area contributed by atoms with Gasteiger partial charge in [0.2, 0.25) is 0 Å². The van der Waals surface area contributed by atoms with Crippen molar-refractivity contribution < 1.29 is 23.5 Å². The first-order valence-corrected chi connectivity index (χ1v) is 9.49. The quantitative estimate of drug-likeness (QED) is 0.498. The average molecular weight is 405 g/mol. The van der Waals surface area contributed by atoms with E-state index < -0.39 is 23.7 Å². The molecule has 0 aliphatic carbocycles. The number of halogens is 1. The second-order valence-corrected chi connectivity index (χ2v) is 7.46. The number of thiophene rings is 1. The van der Waals surface area contributed by atoms with Gasteiger partial charge in [-0.2, -0.15) is 0 Å². The van der Waals surface area contributed by atoms with Gasteiger partial charge in [0.25, 0.3) is 0 Å². The van der Waals surface area contributed by atoms with Crippen molar-refractivity contribution in [3.63, 3.8) is 0 Å². The number of carbonyl (C=O) groups is 3. The Kier molecular flexibility index (Phi) is 6.05. The highest BCUT2D eigenvalue weighted by molar-refractivity contribution is 7.09. The molecule has 9 heteroatoms. The molecule has 2 aromatic rings. The number of benzene rings is 1. The molecule has 7 nitrogen and oxygen atoms in total. The second-order valence-electron chi connectivity index (χ2n) is 6.43. The van der Waals surface area contributed by atoms with E-state index >= 15 is 0 Å². The molecule has 1 saturated heterocycles. The number of methoxy groups -OCH3 is 1. The van der Waals surface area contributed by atoms with Gasteiger partial charge in [-0.1, -0.05) is 12.1 Å². The Labute approximate surface area is 165 Å². The third-order valence-electron chi connectivity index (χ3n) is 4.35. The molecule has 4 amide bonds. The summed E-state index contributed by atoms with van der Waals surface area (Å²) < 4.78 is 18.7. The van der Waals surface area contributed by atoms with Crippen LogP contribution in [-0.4, -0.2) is 59.9 Å². The first-order valence-electron chi connectivity index (χ1n) is 8.61. The maximum Gasteiger partial charge on any atom is 0.335 e. The van der Waals surface area contributed by atoms with Crippen LogP contribution in [0.5, 0.6) is 5.75 Å². The monoisotopic (exact) mass is 405 g/mol. The van der Waals surface area contributed by atoms with E-state index in [2.05, 4.69) is 0 Å². The van der Waals surface area contributed by atoms with Gasteiger partial charge >= 0.3 is 17.8 Å². The maximum atomic E-state index is 13.8. The minimum absolute atomic E-state index is 0.0629. The van der Waals surface area contributed by atoms with Gasteiger partial charge in [0.1, 0.15) is 0 Å². The number of carbonyl (C=O) groups excluding carboxylic acids is 3. The zero-order chi connectivity index (χ0) is 20.3. The van der Waals surface area contributed by atoms with E-state index in [9.17, 15) is 18.8 Å². The van der Waals surface area contributed by atoms with Gasteiger partial charge in [-0.05, 0) is 36.2 Å². The summed E-state index contributed by atoms with van der Waals surface area (Å²) in [6, 6.07) is 7.73. The fraction of sp³-hybridized carbons (Fsp3) is 0.316. The van der Waals surface area contributed by atoms with Gasteiger partial charge in [-0.15, -0.1) is 11.3 Å². The lowest BCUT2D eigenvalue weighted by atomic mass is 10.2. The van der Waals surface area contributed by atoms with Crippen molar-refractivity contribution in [2.75, 3.05) is 27.4 Å². The van der Waals surface area contributed by atoms with E-state index in [0.717, 1.165) is 14.7 Å². The van der Waals surface area contributed by atoms with Crippen LogP contribution in [0, 0.1) is 5.82 Å². The van der Waals surface area contributed by atoms with E-state index in [1.165, 1.54) is 30.6 Å². The van der Waals surface area contributed by atoms with E-state index in [1.54, 1.807) is 18.0 Å². The predicted octanol–water partition coefficient (Wildman–Crippen LogP) is 2.32. The van der Waals surface area contributed by atoms with E-state index in [4.69, 9.17) is 4.74 Å². The fourth-order valence-electron chi connectivity index (χ4n) is 2.96. The third kappa shape index (κ3) is 4.20. The summed E-state index contributed by atoms with van der Waals surface area (Å²) in [7, 11) is 3.07. The van der Waals surface area contributed by atoms with Crippen LogP contribution >= 0.6 is 11.3 Å². The summed E-state index contributed by atoms with van der Waals surface area (Å²) in [5.41, 5.74) is 0.653. The highest BCUT2D eigenvalue weighted by Gasteiger charge is 2.44. The van der Waals surface area contributed by atoms with Crippen molar-refractivity contribution in [2.24, 2.45) is 0 Å². The summed E-state index contributed by atoms with van der Waals surface area (Å²) in [6.07, 6.45) is 0.511. The zero-order valence-corrected chi connectivity index (χ0v) is 16.4. The van der Waals surface area contributed by atoms with Crippen molar-refractivity contribution in [2.45, 2.75) is 13.0 Å². The number of rotatable bonds is 8. The molecule has 3 rings (SSSR count). The first kappa shape index (κ1) is 20.0. The molecule has 1 aromatic carbocycles. The molecule has 0 bridgehead atoms. The smallest absolute Gasteiger partial charge is 0.335 e. The fourth-order valence-corrected chi connectivity index (χ4v) is 3.66. The lowest BCUT2D eigenvalue weighted by Gasteiger charge is -2.22. The lowest BCUT2D eigenvalue weighted by molar-refractivity contribution is -0.143. The summed E-state index contributed by atoms with van der Waals surface area (Å²) in [4.78, 5) is 41.5. The molecular formula is C19H20FN3O4S. The van der Waals surface area contributed by atoms with Gasteiger partial charge in [0.05, 0.1) is 13.8 Å². The number of amides is 4. The summed E-state index contributed by atoms with van der Waals surface area (Å²) in [5, 5.41) is 1.91. The van der Waals surface area contributed by atoms with Crippen LogP contribution in [0.25, 0.3) is 0 Å². The maximum absolute atomic E-state index is 13.8. The molecule has 0 unspecified atom stereocenters. The van der Waals surface area contributed by atoms with Crippen LogP contribution in [0.3, 0.4) is 0 Å². The van der Waals surface area contributed by atoms with Gasteiger partial charge < -0.3 is 4.74 Å². The Morgan fingerprint density at radius 2 is 1.89 bits per heavy atom. The summed E-state index contributed by atoms with van der Waals surface area (Å²) >= 11 is 1.53. The van der Waals surface area contributed by atoms with E-state index in [1.807, 2.05) is 17.5 Å². The Morgan fingerprint density at radius 1 is 1.14 bits per heavy atom. The molecule has 0 saturated carbocycles. The SMILES string of the molecule is COc1ccc(CN(C)CN2C(=O)C(=O)N(CCc3cccs3)C2=O)cc1F. The topological polar surface area (TPSA) is 70.2 Å². The zero-order valence-electron chi connectivity index (χ0n) is 15.6. The predicted molar refractivity (Wildman–Crippen MR) is 101 cm³/mol. The minimum atomic E-state index is -0.844. The highest BCUT2D eigenvalue weighted by atomic mass is 32.1. The molecule has 0 radical (unpaired) electrons. The Bertz CT molecular complexity index is 887. The number of ether oxygens (including phenoxy) is 1.